The topological polar surface area (TPSA) is 99.2 Å². The Balaban J connectivity index is 1.46. The molecule has 0 spiro atoms. The molecule has 3 amide bonds. The van der Waals surface area contributed by atoms with Gasteiger partial charge in [-0.15, -0.1) is 0 Å². The standard InChI is InChI=1S/C29H37N3O6/c1-29(2,3)38-27(34)31-17-18-32(28(35)36,20-22-8-5-4-6-9-22)21-24(31)15-19-37-25-13-11-23(12-14-25)30-16-7-10-26(30)33/h4-6,8-9,11-14,24H,7,10,15-21H2,1-3H3/t24-,32?/m1/s1. The molecule has 0 aromatic heterocycles. The minimum atomic E-state index is -1.16. The van der Waals surface area contributed by atoms with Crippen LogP contribution in [0.25, 0.3) is 0 Å². The molecule has 0 N–H and O–H groups in total. The van der Waals surface area contributed by atoms with Gasteiger partial charge in [0.2, 0.25) is 5.91 Å². The molecule has 2 aliphatic rings. The van der Waals surface area contributed by atoms with Gasteiger partial charge in [0.05, 0.1) is 19.2 Å². The van der Waals surface area contributed by atoms with Crippen LogP contribution in [0.5, 0.6) is 5.75 Å². The number of amides is 3. The highest BCUT2D eigenvalue weighted by Gasteiger charge is 2.44. The molecule has 2 saturated heterocycles. The van der Waals surface area contributed by atoms with Gasteiger partial charge < -0.3 is 24.3 Å². The quantitative estimate of drug-likeness (QED) is 0.515. The van der Waals surface area contributed by atoms with E-state index in [-0.39, 0.29) is 43.2 Å². The third kappa shape index (κ3) is 6.64. The highest BCUT2D eigenvalue weighted by molar-refractivity contribution is 5.95. The number of piperazine rings is 1. The molecule has 2 aromatic rings. The molecule has 9 heteroatoms. The zero-order valence-corrected chi connectivity index (χ0v) is 22.4. The summed E-state index contributed by atoms with van der Waals surface area (Å²) in [4.78, 5) is 40.9. The fourth-order valence-corrected chi connectivity index (χ4v) is 5.15. The highest BCUT2D eigenvalue weighted by Crippen LogP contribution is 2.27. The summed E-state index contributed by atoms with van der Waals surface area (Å²) in [5, 5.41) is 12.5. The van der Waals surface area contributed by atoms with Gasteiger partial charge >= 0.3 is 6.09 Å². The predicted molar refractivity (Wildman–Crippen MR) is 140 cm³/mol. The van der Waals surface area contributed by atoms with Crippen LogP contribution in [0.1, 0.15) is 45.6 Å². The molecule has 0 bridgehead atoms. The maximum Gasteiger partial charge on any atom is 0.410 e. The first-order valence-electron chi connectivity index (χ1n) is 13.2. The van der Waals surface area contributed by atoms with E-state index in [1.165, 1.54) is 0 Å². The molecule has 2 atom stereocenters. The number of ether oxygens (including phenoxy) is 2. The van der Waals surface area contributed by atoms with Crippen LogP contribution in [0.4, 0.5) is 15.3 Å². The summed E-state index contributed by atoms with van der Waals surface area (Å²) in [6.45, 7) is 7.36. The zero-order chi connectivity index (χ0) is 27.3. The third-order valence-corrected chi connectivity index (χ3v) is 7.05. The van der Waals surface area contributed by atoms with Crippen molar-refractivity contribution in [2.24, 2.45) is 0 Å². The number of nitrogens with zero attached hydrogens (tertiary/aromatic N) is 3. The van der Waals surface area contributed by atoms with Crippen LogP contribution in [0, 0.1) is 0 Å². The van der Waals surface area contributed by atoms with Crippen molar-refractivity contribution in [3.8, 4) is 5.75 Å². The summed E-state index contributed by atoms with van der Waals surface area (Å²) in [5.74, 6) is 0.771. The maximum absolute atomic E-state index is 13.0. The largest absolute Gasteiger partial charge is 0.498 e. The Labute approximate surface area is 224 Å². The van der Waals surface area contributed by atoms with Gasteiger partial charge in [0, 0.05) is 30.6 Å². The summed E-state index contributed by atoms with van der Waals surface area (Å²) < 4.78 is 11.3. The fourth-order valence-electron chi connectivity index (χ4n) is 5.15. The molecule has 2 heterocycles. The number of carbonyl (C=O) groups is 3. The van der Waals surface area contributed by atoms with E-state index in [9.17, 15) is 19.5 Å². The van der Waals surface area contributed by atoms with Crippen molar-refractivity contribution < 1.29 is 33.4 Å². The van der Waals surface area contributed by atoms with Crippen molar-refractivity contribution in [3.05, 3.63) is 60.2 Å². The van der Waals surface area contributed by atoms with Crippen LogP contribution < -0.4 is 14.7 Å². The number of carboxylic acid groups (broad SMARTS) is 1. The Kier molecular flexibility index (Phi) is 8.26. The lowest BCUT2D eigenvalue weighted by Gasteiger charge is -2.48. The van der Waals surface area contributed by atoms with Gasteiger partial charge in [-0.2, -0.15) is 0 Å². The Morgan fingerprint density at radius 2 is 1.76 bits per heavy atom. The van der Waals surface area contributed by atoms with E-state index in [1.54, 1.807) is 9.80 Å². The molecular weight excluding hydrogens is 486 g/mol. The lowest BCUT2D eigenvalue weighted by Crippen LogP contribution is -2.69. The zero-order valence-electron chi connectivity index (χ0n) is 22.4. The van der Waals surface area contributed by atoms with E-state index in [1.807, 2.05) is 75.4 Å². The monoisotopic (exact) mass is 523 g/mol. The predicted octanol–water partition coefficient (Wildman–Crippen LogP) is 3.56. The Morgan fingerprint density at radius 3 is 2.37 bits per heavy atom. The fraction of sp³-hybridized carbons (Fsp3) is 0.483. The van der Waals surface area contributed by atoms with Crippen molar-refractivity contribution in [2.75, 3.05) is 37.7 Å². The molecular formula is C29H37N3O6. The number of hydrogen-bond acceptors (Lipinski definition) is 6. The minimum Gasteiger partial charge on any atom is -0.498 e. The number of anilines is 1. The molecule has 2 fully saturated rings. The van der Waals surface area contributed by atoms with E-state index >= 15 is 0 Å². The first-order chi connectivity index (χ1) is 18.1. The van der Waals surface area contributed by atoms with Crippen LogP contribution in [-0.2, 0) is 16.1 Å². The molecule has 4 rings (SSSR count). The number of carbonyl (C=O) groups excluding carboxylic acids is 3. The van der Waals surface area contributed by atoms with Gasteiger partial charge in [0.1, 0.15) is 31.0 Å². The average Bonchev–Trinajstić information content (AvgIpc) is 3.30. The van der Waals surface area contributed by atoms with Crippen molar-refractivity contribution in [3.63, 3.8) is 0 Å². The summed E-state index contributed by atoms with van der Waals surface area (Å²) in [6, 6.07) is 16.4. The summed E-state index contributed by atoms with van der Waals surface area (Å²) in [5.41, 5.74) is 1.08. The van der Waals surface area contributed by atoms with Crippen LogP contribution in [0.2, 0.25) is 0 Å². The second-order valence-corrected chi connectivity index (χ2v) is 11.1. The normalized spacial score (nSPS) is 21.9. The Bertz CT molecular complexity index is 1130. The molecule has 2 aliphatic heterocycles. The first-order valence-corrected chi connectivity index (χ1v) is 13.2. The molecule has 1 unspecified atom stereocenters. The molecule has 204 valence electrons. The Morgan fingerprint density at radius 1 is 1.05 bits per heavy atom. The maximum atomic E-state index is 13.0. The SMILES string of the molecule is CC(C)(C)OC(=O)N1CC[N+](Cc2ccccc2)(C(=O)[O-])C[C@H]1CCOc1ccc(N2CCCC2=O)cc1. The van der Waals surface area contributed by atoms with E-state index in [2.05, 4.69) is 0 Å². The second-order valence-electron chi connectivity index (χ2n) is 11.1. The molecule has 2 aromatic carbocycles. The van der Waals surface area contributed by atoms with Crippen LogP contribution >= 0.6 is 0 Å². The van der Waals surface area contributed by atoms with Gasteiger partial charge in [0.25, 0.3) is 6.09 Å². The van der Waals surface area contributed by atoms with Crippen molar-refractivity contribution in [2.45, 2.75) is 58.2 Å². The molecule has 9 nitrogen and oxygen atoms in total. The van der Waals surface area contributed by atoms with E-state index in [4.69, 9.17) is 9.47 Å². The molecule has 0 radical (unpaired) electrons. The lowest BCUT2D eigenvalue weighted by atomic mass is 10.0. The summed E-state index contributed by atoms with van der Waals surface area (Å²) in [7, 11) is 0. The van der Waals surface area contributed by atoms with Crippen molar-refractivity contribution >= 4 is 23.8 Å². The van der Waals surface area contributed by atoms with Gasteiger partial charge in [-0.1, -0.05) is 30.3 Å². The molecule has 38 heavy (non-hydrogen) atoms. The number of benzene rings is 2. The van der Waals surface area contributed by atoms with Gasteiger partial charge in [-0.3, -0.25) is 14.2 Å². The van der Waals surface area contributed by atoms with Crippen LogP contribution in [0.15, 0.2) is 54.6 Å². The second kappa shape index (κ2) is 11.4. The minimum absolute atomic E-state index is 0.128. The number of hydrogen-bond donors (Lipinski definition) is 0. The van der Waals surface area contributed by atoms with Gasteiger partial charge in [-0.25, -0.2) is 4.79 Å². The smallest absolute Gasteiger partial charge is 0.410 e. The number of quaternary nitrogens is 1. The van der Waals surface area contributed by atoms with E-state index < -0.39 is 23.8 Å². The van der Waals surface area contributed by atoms with E-state index in [0.29, 0.717) is 18.6 Å². The van der Waals surface area contributed by atoms with Crippen LogP contribution in [0.3, 0.4) is 0 Å². The Hall–Kier alpha value is -3.59. The lowest BCUT2D eigenvalue weighted by molar-refractivity contribution is -0.895. The van der Waals surface area contributed by atoms with Crippen molar-refractivity contribution in [1.82, 2.24) is 4.90 Å². The molecule has 0 aliphatic carbocycles. The van der Waals surface area contributed by atoms with Gasteiger partial charge in [-0.05, 0) is 51.5 Å². The number of rotatable bonds is 7. The van der Waals surface area contributed by atoms with Gasteiger partial charge in [0.15, 0.2) is 0 Å². The summed E-state index contributed by atoms with van der Waals surface area (Å²) >= 11 is 0. The van der Waals surface area contributed by atoms with E-state index in [0.717, 1.165) is 24.2 Å². The highest BCUT2D eigenvalue weighted by atomic mass is 16.6. The first kappa shape index (κ1) is 27.4. The summed E-state index contributed by atoms with van der Waals surface area (Å²) in [6.07, 6.45) is 0.244. The molecule has 0 saturated carbocycles. The average molecular weight is 524 g/mol. The third-order valence-electron chi connectivity index (χ3n) is 7.05. The van der Waals surface area contributed by atoms with Crippen molar-refractivity contribution in [1.29, 1.82) is 0 Å². The van der Waals surface area contributed by atoms with Crippen LogP contribution in [-0.4, -0.2) is 71.9 Å².